The van der Waals surface area contributed by atoms with Gasteiger partial charge in [-0.1, -0.05) is 12.1 Å². The van der Waals surface area contributed by atoms with Gasteiger partial charge in [-0.25, -0.2) is 4.39 Å². The molecule has 34 heavy (non-hydrogen) atoms. The number of methoxy groups -OCH3 is 1. The summed E-state index contributed by atoms with van der Waals surface area (Å²) in [4.78, 5) is 38.6. The van der Waals surface area contributed by atoms with Crippen LogP contribution in [0.3, 0.4) is 0 Å². The van der Waals surface area contributed by atoms with Crippen LogP contribution in [0.25, 0.3) is 0 Å². The van der Waals surface area contributed by atoms with Crippen LogP contribution in [0.1, 0.15) is 16.8 Å². The van der Waals surface area contributed by atoms with Crippen LogP contribution in [0.15, 0.2) is 72.8 Å². The lowest BCUT2D eigenvalue weighted by Crippen LogP contribution is -2.27. The van der Waals surface area contributed by atoms with Gasteiger partial charge in [-0.15, -0.1) is 0 Å². The summed E-state index contributed by atoms with van der Waals surface area (Å²) < 4.78 is 29.2. The summed E-state index contributed by atoms with van der Waals surface area (Å²) in [7, 11) is 1.56. The number of hydrogen-bond acceptors (Lipinski definition) is 6. The zero-order chi connectivity index (χ0) is 24.1. The maximum absolute atomic E-state index is 13.0. The van der Waals surface area contributed by atoms with E-state index in [9.17, 15) is 18.8 Å². The third kappa shape index (κ3) is 5.23. The number of ketones is 1. The Bertz CT molecular complexity index is 1190. The van der Waals surface area contributed by atoms with Crippen molar-refractivity contribution in [3.63, 3.8) is 0 Å². The smallest absolute Gasteiger partial charge is 0.311 e. The largest absolute Gasteiger partial charge is 0.493 e. The van der Waals surface area contributed by atoms with E-state index in [2.05, 4.69) is 0 Å². The van der Waals surface area contributed by atoms with E-state index in [1.807, 2.05) is 12.1 Å². The monoisotopic (exact) mass is 463 g/mol. The first-order valence-electron chi connectivity index (χ1n) is 10.6. The van der Waals surface area contributed by atoms with Gasteiger partial charge < -0.3 is 19.1 Å². The van der Waals surface area contributed by atoms with Crippen molar-refractivity contribution >= 4 is 23.3 Å². The van der Waals surface area contributed by atoms with Crippen molar-refractivity contribution in [1.82, 2.24) is 0 Å². The van der Waals surface area contributed by atoms with E-state index in [1.54, 1.807) is 43.5 Å². The maximum atomic E-state index is 13.0. The van der Waals surface area contributed by atoms with E-state index in [1.165, 1.54) is 17.0 Å². The number of amides is 1. The molecular formula is C26H22FNO6. The van der Waals surface area contributed by atoms with Gasteiger partial charge in [0.25, 0.3) is 0 Å². The Morgan fingerprint density at radius 1 is 0.971 bits per heavy atom. The van der Waals surface area contributed by atoms with Crippen molar-refractivity contribution in [2.75, 3.05) is 25.2 Å². The summed E-state index contributed by atoms with van der Waals surface area (Å²) in [6, 6.07) is 19.1. The number of carbonyl (C=O) groups is 3. The molecule has 0 bridgehead atoms. The Kier molecular flexibility index (Phi) is 6.87. The van der Waals surface area contributed by atoms with Crippen LogP contribution in [0.2, 0.25) is 0 Å². The third-order valence-corrected chi connectivity index (χ3v) is 5.42. The number of halogens is 1. The Morgan fingerprint density at radius 3 is 2.32 bits per heavy atom. The van der Waals surface area contributed by atoms with Crippen LogP contribution in [0.4, 0.5) is 10.1 Å². The summed E-state index contributed by atoms with van der Waals surface area (Å²) >= 11 is 0. The molecule has 1 aliphatic rings. The molecule has 0 aliphatic carbocycles. The minimum absolute atomic E-state index is 0.0109. The highest BCUT2D eigenvalue weighted by Gasteiger charge is 2.36. The molecule has 0 radical (unpaired) electrons. The van der Waals surface area contributed by atoms with Crippen molar-refractivity contribution in [2.45, 2.75) is 6.42 Å². The molecule has 1 saturated heterocycles. The number of esters is 1. The highest BCUT2D eigenvalue weighted by atomic mass is 19.1. The summed E-state index contributed by atoms with van der Waals surface area (Å²) in [5.41, 5.74) is 0.865. The van der Waals surface area contributed by atoms with Gasteiger partial charge >= 0.3 is 5.97 Å². The minimum atomic E-state index is -0.682. The Labute approximate surface area is 195 Å². The maximum Gasteiger partial charge on any atom is 0.311 e. The van der Waals surface area contributed by atoms with Crippen LogP contribution in [-0.2, 0) is 14.3 Å². The quantitative estimate of drug-likeness (QED) is 0.364. The van der Waals surface area contributed by atoms with Gasteiger partial charge in [-0.2, -0.15) is 0 Å². The number of rotatable bonds is 8. The van der Waals surface area contributed by atoms with Crippen molar-refractivity contribution in [3.05, 3.63) is 84.2 Å². The van der Waals surface area contributed by atoms with Crippen LogP contribution in [0.5, 0.6) is 17.2 Å². The van der Waals surface area contributed by atoms with Gasteiger partial charge in [0.1, 0.15) is 11.6 Å². The first-order chi connectivity index (χ1) is 16.4. The second kappa shape index (κ2) is 10.2. The second-order valence-corrected chi connectivity index (χ2v) is 7.69. The zero-order valence-corrected chi connectivity index (χ0v) is 18.4. The van der Waals surface area contributed by atoms with Crippen LogP contribution < -0.4 is 14.4 Å². The molecule has 1 heterocycles. The molecule has 174 valence electrons. The van der Waals surface area contributed by atoms with Crippen molar-refractivity contribution in [2.24, 2.45) is 5.92 Å². The highest BCUT2D eigenvalue weighted by Crippen LogP contribution is 2.33. The molecule has 1 fully saturated rings. The lowest BCUT2D eigenvalue weighted by molar-refractivity contribution is -0.147. The van der Waals surface area contributed by atoms with E-state index >= 15 is 0 Å². The summed E-state index contributed by atoms with van der Waals surface area (Å²) in [5, 5.41) is 0. The normalized spacial score (nSPS) is 15.2. The lowest BCUT2D eigenvalue weighted by Gasteiger charge is -2.17. The SMILES string of the molecule is COc1ccccc1Oc1ccc(N2C[C@@H](C(=O)OCC(=O)c3ccc(F)cc3)CC2=O)cc1. The Morgan fingerprint density at radius 2 is 1.65 bits per heavy atom. The fourth-order valence-corrected chi connectivity index (χ4v) is 3.61. The Balaban J connectivity index is 1.34. The molecule has 0 spiro atoms. The number of benzene rings is 3. The molecule has 3 aromatic rings. The molecule has 3 aromatic carbocycles. The highest BCUT2D eigenvalue weighted by molar-refractivity contribution is 6.01. The van der Waals surface area contributed by atoms with Gasteiger partial charge in [-0.3, -0.25) is 14.4 Å². The van der Waals surface area contributed by atoms with Gasteiger partial charge in [0.15, 0.2) is 23.9 Å². The molecule has 0 unspecified atom stereocenters. The van der Waals surface area contributed by atoms with Crippen LogP contribution in [0, 0.1) is 11.7 Å². The van der Waals surface area contributed by atoms with Gasteiger partial charge in [0, 0.05) is 24.2 Å². The number of Topliss-reactive ketones (excluding diaryl/α,β-unsaturated/α-hetero) is 1. The molecule has 8 heteroatoms. The number of ether oxygens (including phenoxy) is 3. The molecule has 1 aliphatic heterocycles. The number of para-hydroxylation sites is 2. The number of nitrogens with zero attached hydrogens (tertiary/aromatic N) is 1. The van der Waals surface area contributed by atoms with Gasteiger partial charge in [-0.05, 0) is 60.7 Å². The van der Waals surface area contributed by atoms with Crippen LogP contribution in [-0.4, -0.2) is 37.9 Å². The molecule has 1 amide bonds. The number of carbonyl (C=O) groups excluding carboxylic acids is 3. The summed E-state index contributed by atoms with van der Waals surface area (Å²) in [6.45, 7) is -0.320. The van der Waals surface area contributed by atoms with Gasteiger partial charge in [0.05, 0.1) is 13.0 Å². The fourth-order valence-electron chi connectivity index (χ4n) is 3.61. The van der Waals surface area contributed by atoms with E-state index in [0.717, 1.165) is 12.1 Å². The van der Waals surface area contributed by atoms with E-state index < -0.39 is 30.1 Å². The van der Waals surface area contributed by atoms with Crippen molar-refractivity contribution < 1.29 is 33.0 Å². The summed E-state index contributed by atoms with van der Waals surface area (Å²) in [5.74, 6) is -0.702. The first kappa shape index (κ1) is 23.0. The lowest BCUT2D eigenvalue weighted by atomic mass is 10.1. The standard InChI is InChI=1S/C26H22FNO6/c1-32-23-4-2-3-5-24(23)34-21-12-10-20(11-13-21)28-15-18(14-25(28)30)26(31)33-16-22(29)17-6-8-19(27)9-7-17/h2-13,18H,14-16H2,1H3/t18-/m0/s1. The number of hydrogen-bond donors (Lipinski definition) is 0. The average molecular weight is 463 g/mol. The Hall–Kier alpha value is -4.20. The van der Waals surface area contributed by atoms with Crippen LogP contribution >= 0.6 is 0 Å². The number of anilines is 1. The predicted molar refractivity (Wildman–Crippen MR) is 122 cm³/mol. The molecule has 0 saturated carbocycles. The fraction of sp³-hybridized carbons (Fsp3) is 0.192. The molecule has 4 rings (SSSR count). The van der Waals surface area contributed by atoms with E-state index in [0.29, 0.717) is 22.9 Å². The first-order valence-corrected chi connectivity index (χ1v) is 10.6. The summed E-state index contributed by atoms with van der Waals surface area (Å²) in [6.07, 6.45) is -0.0109. The molecule has 0 aromatic heterocycles. The minimum Gasteiger partial charge on any atom is -0.493 e. The second-order valence-electron chi connectivity index (χ2n) is 7.69. The van der Waals surface area contributed by atoms with E-state index in [4.69, 9.17) is 14.2 Å². The zero-order valence-electron chi connectivity index (χ0n) is 18.4. The van der Waals surface area contributed by atoms with Gasteiger partial charge in [0.2, 0.25) is 5.91 Å². The molecule has 0 N–H and O–H groups in total. The molecule has 1 atom stereocenters. The van der Waals surface area contributed by atoms with Crippen molar-refractivity contribution in [3.8, 4) is 17.2 Å². The molecular weight excluding hydrogens is 441 g/mol. The van der Waals surface area contributed by atoms with Crippen molar-refractivity contribution in [1.29, 1.82) is 0 Å². The van der Waals surface area contributed by atoms with E-state index in [-0.39, 0.29) is 24.4 Å². The topological polar surface area (TPSA) is 82.1 Å². The third-order valence-electron chi connectivity index (χ3n) is 5.42. The molecule has 7 nitrogen and oxygen atoms in total. The predicted octanol–water partition coefficient (Wildman–Crippen LogP) is 4.41. The average Bonchev–Trinajstić information content (AvgIpc) is 3.25.